The fraction of sp³-hybridized carbons (Fsp3) is 0.391. The van der Waals surface area contributed by atoms with Gasteiger partial charge in [0, 0.05) is 22.9 Å². The van der Waals surface area contributed by atoms with Crippen molar-refractivity contribution in [2.24, 2.45) is 0 Å². The molecule has 9 nitrogen and oxygen atoms in total. The van der Waals surface area contributed by atoms with Crippen molar-refractivity contribution in [1.29, 1.82) is 0 Å². The molecule has 0 aliphatic carbocycles. The molecule has 0 N–H and O–H groups in total. The second-order valence-electron chi connectivity index (χ2n) is 7.41. The quantitative estimate of drug-likeness (QED) is 0.287. The van der Waals surface area contributed by atoms with Crippen LogP contribution in [-0.2, 0) is 9.47 Å². The largest absolute Gasteiger partial charge is 0.619 e. The van der Waals surface area contributed by atoms with Crippen molar-refractivity contribution in [3.8, 4) is 5.69 Å². The molecule has 0 aliphatic heterocycles. The fourth-order valence-electron chi connectivity index (χ4n) is 3.20. The minimum atomic E-state index is -0.821. The van der Waals surface area contributed by atoms with E-state index in [0.717, 1.165) is 23.1 Å². The normalized spacial score (nSPS) is 10.8. The lowest BCUT2D eigenvalue weighted by Crippen LogP contribution is -2.39. The Morgan fingerprint density at radius 3 is 2.38 bits per heavy atom. The Labute approximate surface area is 186 Å². The predicted octanol–water partition coefficient (Wildman–Crippen LogP) is 4.65. The van der Waals surface area contributed by atoms with Gasteiger partial charge < -0.3 is 14.7 Å². The van der Waals surface area contributed by atoms with E-state index in [9.17, 15) is 14.8 Å². The van der Waals surface area contributed by atoms with Crippen LogP contribution in [0.2, 0.25) is 0 Å². The summed E-state index contributed by atoms with van der Waals surface area (Å²) in [6, 6.07) is 8.68. The lowest BCUT2D eigenvalue weighted by Gasteiger charge is -2.21. The van der Waals surface area contributed by atoms with Crippen molar-refractivity contribution >= 4 is 28.8 Å². The van der Waals surface area contributed by atoms with Gasteiger partial charge in [-0.05, 0) is 31.9 Å². The Balaban J connectivity index is 2.06. The molecule has 0 unspecified atom stereocenters. The van der Waals surface area contributed by atoms with Gasteiger partial charge in [-0.25, -0.2) is 14.3 Å². The Kier molecular flexibility index (Phi) is 7.64. The first-order chi connectivity index (χ1) is 15.5. The zero-order chi connectivity index (χ0) is 23.1. The highest BCUT2D eigenvalue weighted by Gasteiger charge is 2.31. The molecule has 2 amide bonds. The summed E-state index contributed by atoms with van der Waals surface area (Å²) in [4.78, 5) is 26.7. The molecule has 170 valence electrons. The van der Waals surface area contributed by atoms with Gasteiger partial charge in [0.1, 0.15) is 0 Å². The first-order valence-corrected chi connectivity index (χ1v) is 10.8. The molecule has 32 heavy (non-hydrogen) atoms. The van der Waals surface area contributed by atoms with Gasteiger partial charge >= 0.3 is 12.2 Å². The van der Waals surface area contributed by atoms with Gasteiger partial charge in [-0.15, -0.1) is 0 Å². The van der Waals surface area contributed by atoms with Crippen LogP contribution in [0.15, 0.2) is 42.7 Å². The van der Waals surface area contributed by atoms with Gasteiger partial charge in [-0.1, -0.05) is 32.8 Å². The number of hydrogen-bond acceptors (Lipinski definition) is 6. The van der Waals surface area contributed by atoms with Gasteiger partial charge in [-0.2, -0.15) is 14.7 Å². The smallest absolute Gasteiger partial charge is 0.425 e. The van der Waals surface area contributed by atoms with Gasteiger partial charge in [0.15, 0.2) is 18.2 Å². The minimum Gasteiger partial charge on any atom is -0.619 e. The van der Waals surface area contributed by atoms with Crippen molar-refractivity contribution in [1.82, 2.24) is 9.78 Å². The third kappa shape index (κ3) is 5.16. The van der Waals surface area contributed by atoms with Crippen molar-refractivity contribution in [3.63, 3.8) is 0 Å². The maximum absolute atomic E-state index is 12.9. The monoisotopic (exact) mass is 440 g/mol. The van der Waals surface area contributed by atoms with E-state index < -0.39 is 12.2 Å². The van der Waals surface area contributed by atoms with Gasteiger partial charge in [-0.3, -0.25) is 0 Å². The zero-order valence-electron chi connectivity index (χ0n) is 18.6. The first-order valence-electron chi connectivity index (χ1n) is 10.8. The molecule has 0 atom stereocenters. The fourth-order valence-corrected chi connectivity index (χ4v) is 3.20. The number of pyridine rings is 1. The van der Waals surface area contributed by atoms with Crippen LogP contribution in [-0.4, -0.2) is 35.2 Å². The average molecular weight is 441 g/mol. The molecular formula is C23H28N4O5. The second kappa shape index (κ2) is 10.6. The highest BCUT2D eigenvalue weighted by atomic mass is 16.6. The molecule has 3 rings (SSSR count). The van der Waals surface area contributed by atoms with E-state index in [1.54, 1.807) is 37.3 Å². The number of amides is 2. The Morgan fingerprint density at radius 2 is 1.75 bits per heavy atom. The summed E-state index contributed by atoms with van der Waals surface area (Å²) >= 11 is 0. The predicted molar refractivity (Wildman–Crippen MR) is 120 cm³/mol. The van der Waals surface area contributed by atoms with E-state index in [4.69, 9.17) is 9.47 Å². The van der Waals surface area contributed by atoms with Crippen LogP contribution in [0.5, 0.6) is 0 Å². The zero-order valence-corrected chi connectivity index (χ0v) is 18.6. The number of benzene rings is 1. The highest BCUT2D eigenvalue weighted by molar-refractivity contribution is 6.09. The third-order valence-corrected chi connectivity index (χ3v) is 4.85. The summed E-state index contributed by atoms with van der Waals surface area (Å²) in [5.41, 5.74) is 1.21. The van der Waals surface area contributed by atoms with Crippen LogP contribution in [0.3, 0.4) is 0 Å². The summed E-state index contributed by atoms with van der Waals surface area (Å²) in [7, 11) is 0. The summed E-state index contributed by atoms with van der Waals surface area (Å²) < 4.78 is 12.9. The molecule has 0 bridgehead atoms. The minimum absolute atomic E-state index is 0.193. The Morgan fingerprint density at radius 1 is 1.09 bits per heavy atom. The van der Waals surface area contributed by atoms with Crippen LogP contribution in [0.4, 0.5) is 15.4 Å². The number of nitrogens with zero attached hydrogens (tertiary/aromatic N) is 4. The number of aromatic nitrogens is 3. The van der Waals surface area contributed by atoms with E-state index in [-0.39, 0.29) is 19.0 Å². The molecular weight excluding hydrogens is 412 g/mol. The maximum Gasteiger partial charge on any atom is 0.425 e. The number of ether oxygens (including phenoxy) is 2. The molecule has 0 radical (unpaired) electrons. The number of rotatable bonds is 8. The third-order valence-electron chi connectivity index (χ3n) is 4.85. The van der Waals surface area contributed by atoms with Crippen molar-refractivity contribution in [2.75, 3.05) is 18.1 Å². The van der Waals surface area contributed by atoms with E-state index in [2.05, 4.69) is 5.10 Å². The second-order valence-corrected chi connectivity index (χ2v) is 7.41. The standard InChI is InChI=1S/C23H28N4O5/c1-4-6-13-31-22(28)26(23(29)32-14-7-5-2)21-15-17(3)24-27(21)20-10-8-9-18-16-25(30)12-11-19(18)20/h8-12,15-16H,4-7,13-14H2,1-3H3. The Hall–Kier alpha value is -3.62. The van der Waals surface area contributed by atoms with E-state index in [0.29, 0.717) is 34.3 Å². The molecule has 2 heterocycles. The molecule has 0 saturated carbocycles. The van der Waals surface area contributed by atoms with Crippen LogP contribution in [0.1, 0.15) is 45.2 Å². The molecule has 2 aromatic heterocycles. The van der Waals surface area contributed by atoms with Gasteiger partial charge in [0.05, 0.1) is 24.6 Å². The number of hydrogen-bond donors (Lipinski definition) is 0. The SMILES string of the molecule is CCCCOC(=O)N(C(=O)OCCCC)c1cc(C)nn1-c1cccc2c[n+]([O-])ccc12. The van der Waals surface area contributed by atoms with E-state index in [1.165, 1.54) is 17.1 Å². The number of anilines is 1. The topological polar surface area (TPSA) is 101 Å². The van der Waals surface area contributed by atoms with Crippen LogP contribution in [0, 0.1) is 12.1 Å². The molecule has 9 heteroatoms. The van der Waals surface area contributed by atoms with E-state index >= 15 is 0 Å². The molecule has 0 fully saturated rings. The van der Waals surface area contributed by atoms with Crippen LogP contribution in [0.25, 0.3) is 16.5 Å². The average Bonchev–Trinajstić information content (AvgIpc) is 3.14. The van der Waals surface area contributed by atoms with Crippen molar-refractivity contribution < 1.29 is 23.8 Å². The number of fused-ring (bicyclic) bond motifs is 1. The van der Waals surface area contributed by atoms with Gasteiger partial charge in [0.2, 0.25) is 0 Å². The number of carbonyl (C=O) groups excluding carboxylic acids is 2. The summed E-state index contributed by atoms with van der Waals surface area (Å²) in [6.07, 6.45) is 4.25. The Bertz CT molecular complexity index is 1070. The number of aryl methyl sites for hydroxylation is 1. The lowest BCUT2D eigenvalue weighted by molar-refractivity contribution is -0.603. The van der Waals surface area contributed by atoms with E-state index in [1.807, 2.05) is 13.8 Å². The lowest BCUT2D eigenvalue weighted by atomic mass is 10.1. The number of imide groups is 1. The summed E-state index contributed by atoms with van der Waals surface area (Å²) in [5.74, 6) is 0.205. The highest BCUT2D eigenvalue weighted by Crippen LogP contribution is 2.28. The first kappa shape index (κ1) is 23.1. The number of unbranched alkanes of at least 4 members (excludes halogenated alkanes) is 2. The van der Waals surface area contributed by atoms with Crippen molar-refractivity contribution in [3.05, 3.63) is 53.6 Å². The van der Waals surface area contributed by atoms with Crippen LogP contribution >= 0.6 is 0 Å². The number of carbonyl (C=O) groups is 2. The van der Waals surface area contributed by atoms with Crippen molar-refractivity contribution in [2.45, 2.75) is 46.5 Å². The molecule has 1 aromatic carbocycles. The molecule has 0 saturated heterocycles. The van der Waals surface area contributed by atoms with Gasteiger partial charge in [0.25, 0.3) is 0 Å². The molecule has 0 spiro atoms. The molecule has 0 aliphatic rings. The molecule has 3 aromatic rings. The maximum atomic E-state index is 12.9. The summed E-state index contributed by atoms with van der Waals surface area (Å²) in [5, 5.41) is 17.6. The van der Waals surface area contributed by atoms with Crippen LogP contribution < -0.4 is 9.63 Å². The summed E-state index contributed by atoms with van der Waals surface area (Å²) in [6.45, 7) is 6.11.